The fourth-order valence-corrected chi connectivity index (χ4v) is 1.84. The zero-order valence-corrected chi connectivity index (χ0v) is 9.33. The van der Waals surface area contributed by atoms with Crippen molar-refractivity contribution in [1.82, 2.24) is 9.97 Å². The molecule has 15 heavy (non-hydrogen) atoms. The van der Waals surface area contributed by atoms with Crippen LogP contribution in [0.15, 0.2) is 24.5 Å². The zero-order valence-electron chi connectivity index (χ0n) is 9.33. The number of nitrogens with zero attached hydrogens (tertiary/aromatic N) is 2. The first-order valence-electron chi connectivity index (χ1n) is 5.53. The number of aromatic nitrogens is 2. The Morgan fingerprint density at radius 3 is 3.00 bits per heavy atom. The average Bonchev–Trinajstić information content (AvgIpc) is 2.72. The number of anilines is 1. The van der Waals surface area contributed by atoms with Gasteiger partial charge in [0.15, 0.2) is 0 Å². The van der Waals surface area contributed by atoms with E-state index in [1.165, 1.54) is 17.5 Å². The Balaban J connectivity index is 2.33. The van der Waals surface area contributed by atoms with Crippen LogP contribution in [0.25, 0.3) is 11.0 Å². The summed E-state index contributed by atoms with van der Waals surface area (Å²) in [5.41, 5.74) is 2.18. The van der Waals surface area contributed by atoms with Crippen LogP contribution in [0.2, 0.25) is 0 Å². The van der Waals surface area contributed by atoms with Crippen molar-refractivity contribution < 1.29 is 0 Å². The van der Waals surface area contributed by atoms with E-state index in [-0.39, 0.29) is 0 Å². The van der Waals surface area contributed by atoms with Crippen LogP contribution < -0.4 is 4.90 Å². The first-order valence-corrected chi connectivity index (χ1v) is 5.53. The second kappa shape index (κ2) is 4.34. The van der Waals surface area contributed by atoms with Crippen molar-refractivity contribution >= 4 is 16.7 Å². The number of hydrogen-bond donors (Lipinski definition) is 1. The van der Waals surface area contributed by atoms with Crippen molar-refractivity contribution in [2.45, 2.75) is 20.3 Å². The molecule has 0 aliphatic carbocycles. The number of nitrogens with one attached hydrogen (secondary N) is 1. The maximum atomic E-state index is 4.40. The second-order valence-corrected chi connectivity index (χ2v) is 3.69. The molecule has 0 fully saturated rings. The average molecular weight is 203 g/mol. The minimum absolute atomic E-state index is 0.964. The molecule has 0 aliphatic heterocycles. The zero-order chi connectivity index (χ0) is 10.7. The molecule has 0 radical (unpaired) electrons. The minimum atomic E-state index is 0.964. The number of hydrogen-bond acceptors (Lipinski definition) is 2. The third-order valence-electron chi connectivity index (χ3n) is 2.63. The summed E-state index contributed by atoms with van der Waals surface area (Å²) in [6.45, 7) is 6.50. The molecule has 3 nitrogen and oxygen atoms in total. The molecule has 0 unspecified atom stereocenters. The van der Waals surface area contributed by atoms with Gasteiger partial charge >= 0.3 is 0 Å². The van der Waals surface area contributed by atoms with E-state index < -0.39 is 0 Å². The van der Waals surface area contributed by atoms with E-state index in [1.54, 1.807) is 0 Å². The smallest absolute Gasteiger partial charge is 0.137 e. The molecule has 0 amide bonds. The predicted octanol–water partition coefficient (Wildman–Crippen LogP) is 2.80. The van der Waals surface area contributed by atoms with E-state index in [0.29, 0.717) is 0 Å². The fraction of sp³-hybridized carbons (Fsp3) is 0.417. The molecule has 3 heteroatoms. The number of fused-ring (bicyclic) bond motifs is 1. The predicted molar refractivity (Wildman–Crippen MR) is 64.3 cm³/mol. The van der Waals surface area contributed by atoms with Gasteiger partial charge in [0.2, 0.25) is 0 Å². The van der Waals surface area contributed by atoms with Gasteiger partial charge in [0.05, 0.1) is 11.9 Å². The van der Waals surface area contributed by atoms with Crippen LogP contribution in [0.5, 0.6) is 0 Å². The van der Waals surface area contributed by atoms with Crippen LogP contribution >= 0.6 is 0 Å². The van der Waals surface area contributed by atoms with Gasteiger partial charge in [-0.3, -0.25) is 0 Å². The molecule has 1 N–H and O–H groups in total. The standard InChI is InChI=1S/C12H17N3/c1-3-7-15(4-2)11-8-10-5-6-13-12(10)14-9-11/h5-6,8-9H,3-4,7H2,1-2H3,(H,13,14). The maximum Gasteiger partial charge on any atom is 0.137 e. The van der Waals surface area contributed by atoms with Gasteiger partial charge in [-0.1, -0.05) is 6.92 Å². The molecule has 2 rings (SSSR count). The number of pyridine rings is 1. The van der Waals surface area contributed by atoms with Crippen LogP contribution in [0.4, 0.5) is 5.69 Å². The summed E-state index contributed by atoms with van der Waals surface area (Å²) < 4.78 is 0. The van der Waals surface area contributed by atoms with E-state index in [1.807, 2.05) is 12.4 Å². The molecular formula is C12H17N3. The summed E-state index contributed by atoms with van der Waals surface area (Å²) in [6, 6.07) is 4.25. The molecule has 2 heterocycles. The van der Waals surface area contributed by atoms with E-state index in [0.717, 1.165) is 18.7 Å². The molecule has 80 valence electrons. The van der Waals surface area contributed by atoms with E-state index in [2.05, 4.69) is 40.8 Å². The first-order chi connectivity index (χ1) is 7.35. The SMILES string of the molecule is CCCN(CC)c1cnc2[nH]ccc2c1. The summed E-state index contributed by atoms with van der Waals surface area (Å²) in [5, 5.41) is 1.18. The normalized spacial score (nSPS) is 10.8. The summed E-state index contributed by atoms with van der Waals surface area (Å²) in [7, 11) is 0. The molecule has 2 aromatic heterocycles. The number of aromatic amines is 1. The fourth-order valence-electron chi connectivity index (χ4n) is 1.84. The lowest BCUT2D eigenvalue weighted by molar-refractivity contribution is 0.790. The van der Waals surface area contributed by atoms with Gasteiger partial charge in [-0.2, -0.15) is 0 Å². The van der Waals surface area contributed by atoms with Crippen molar-refractivity contribution in [2.75, 3.05) is 18.0 Å². The summed E-state index contributed by atoms with van der Waals surface area (Å²) in [4.78, 5) is 9.85. The van der Waals surface area contributed by atoms with Crippen LogP contribution in [0.3, 0.4) is 0 Å². The minimum Gasteiger partial charge on any atom is -0.371 e. The Labute approximate surface area is 90.1 Å². The van der Waals surface area contributed by atoms with Crippen LogP contribution in [-0.2, 0) is 0 Å². The highest BCUT2D eigenvalue weighted by Crippen LogP contribution is 2.18. The van der Waals surface area contributed by atoms with Crippen molar-refractivity contribution in [1.29, 1.82) is 0 Å². The summed E-state index contributed by atoms with van der Waals surface area (Å²) >= 11 is 0. The lowest BCUT2D eigenvalue weighted by Crippen LogP contribution is -2.23. The van der Waals surface area contributed by atoms with Crippen molar-refractivity contribution in [2.24, 2.45) is 0 Å². The number of H-pyrrole nitrogens is 1. The summed E-state index contributed by atoms with van der Waals surface area (Å²) in [5.74, 6) is 0. The van der Waals surface area contributed by atoms with Crippen LogP contribution in [0, 0.1) is 0 Å². The molecule has 0 aliphatic rings. The van der Waals surface area contributed by atoms with Crippen molar-refractivity contribution in [3.63, 3.8) is 0 Å². The van der Waals surface area contributed by atoms with E-state index >= 15 is 0 Å². The van der Waals surface area contributed by atoms with E-state index in [4.69, 9.17) is 0 Å². The quantitative estimate of drug-likeness (QED) is 0.828. The van der Waals surface area contributed by atoms with Gasteiger partial charge in [0.1, 0.15) is 5.65 Å². The largest absolute Gasteiger partial charge is 0.371 e. The van der Waals surface area contributed by atoms with Gasteiger partial charge < -0.3 is 9.88 Å². The van der Waals surface area contributed by atoms with Crippen molar-refractivity contribution in [3.05, 3.63) is 24.5 Å². The lowest BCUT2D eigenvalue weighted by Gasteiger charge is -2.21. The lowest BCUT2D eigenvalue weighted by atomic mass is 10.3. The third kappa shape index (κ3) is 1.96. The molecule has 0 bridgehead atoms. The van der Waals surface area contributed by atoms with E-state index in [9.17, 15) is 0 Å². The topological polar surface area (TPSA) is 31.9 Å². The Hall–Kier alpha value is -1.51. The maximum absolute atomic E-state index is 4.40. The Morgan fingerprint density at radius 2 is 2.27 bits per heavy atom. The van der Waals surface area contributed by atoms with Gasteiger partial charge in [-0.15, -0.1) is 0 Å². The first kappa shape index (κ1) is 10.0. The highest BCUT2D eigenvalue weighted by molar-refractivity contribution is 5.79. The monoisotopic (exact) mass is 203 g/mol. The highest BCUT2D eigenvalue weighted by Gasteiger charge is 2.04. The van der Waals surface area contributed by atoms with Gasteiger partial charge in [0, 0.05) is 24.7 Å². The van der Waals surface area contributed by atoms with Gasteiger partial charge in [0.25, 0.3) is 0 Å². The summed E-state index contributed by atoms with van der Waals surface area (Å²) in [6.07, 6.45) is 5.04. The second-order valence-electron chi connectivity index (χ2n) is 3.69. The molecule has 0 spiro atoms. The van der Waals surface area contributed by atoms with Crippen molar-refractivity contribution in [3.8, 4) is 0 Å². The van der Waals surface area contributed by atoms with Gasteiger partial charge in [-0.25, -0.2) is 4.98 Å². The van der Waals surface area contributed by atoms with Gasteiger partial charge in [-0.05, 0) is 25.5 Å². The highest BCUT2D eigenvalue weighted by atomic mass is 15.1. The molecular weight excluding hydrogens is 186 g/mol. The molecule has 2 aromatic rings. The van der Waals surface area contributed by atoms with Crippen LogP contribution in [0.1, 0.15) is 20.3 Å². The molecule has 0 aromatic carbocycles. The third-order valence-corrected chi connectivity index (χ3v) is 2.63. The Kier molecular flexibility index (Phi) is 2.90. The number of rotatable bonds is 4. The molecule has 0 atom stereocenters. The Morgan fingerprint density at radius 1 is 1.40 bits per heavy atom. The Bertz CT molecular complexity index is 433. The molecule has 0 saturated heterocycles. The molecule has 0 saturated carbocycles. The van der Waals surface area contributed by atoms with Crippen LogP contribution in [-0.4, -0.2) is 23.1 Å².